The van der Waals surface area contributed by atoms with Crippen molar-refractivity contribution in [2.45, 2.75) is 26.3 Å². The van der Waals surface area contributed by atoms with Crippen LogP contribution in [0.25, 0.3) is 10.2 Å². The Hall–Kier alpha value is -2.20. The molecular formula is C18H18N2OS. The van der Waals surface area contributed by atoms with Crippen molar-refractivity contribution >= 4 is 27.5 Å². The van der Waals surface area contributed by atoms with Crippen molar-refractivity contribution in [2.75, 3.05) is 0 Å². The normalized spacial score (nSPS) is 12.3. The summed E-state index contributed by atoms with van der Waals surface area (Å²) in [6, 6.07) is 14.0. The molecular weight excluding hydrogens is 292 g/mol. The molecule has 0 fully saturated rings. The molecule has 112 valence electrons. The second-order valence-corrected chi connectivity index (χ2v) is 6.27. The molecule has 1 heterocycles. The summed E-state index contributed by atoms with van der Waals surface area (Å²) in [6.45, 7) is 4.14. The molecule has 0 radical (unpaired) electrons. The highest BCUT2D eigenvalue weighted by atomic mass is 32.1. The maximum atomic E-state index is 12.5. The Morgan fingerprint density at radius 2 is 2.00 bits per heavy atom. The van der Waals surface area contributed by atoms with E-state index >= 15 is 0 Å². The molecule has 0 saturated heterocycles. The van der Waals surface area contributed by atoms with Gasteiger partial charge in [0.15, 0.2) is 0 Å². The van der Waals surface area contributed by atoms with E-state index in [0.29, 0.717) is 5.56 Å². The lowest BCUT2D eigenvalue weighted by molar-refractivity contribution is 0.0935. The van der Waals surface area contributed by atoms with E-state index in [9.17, 15) is 4.79 Å². The average molecular weight is 310 g/mol. The zero-order valence-corrected chi connectivity index (χ0v) is 13.5. The highest BCUT2D eigenvalue weighted by Crippen LogP contribution is 2.21. The van der Waals surface area contributed by atoms with Gasteiger partial charge in [0, 0.05) is 5.56 Å². The molecule has 3 nitrogen and oxygen atoms in total. The Morgan fingerprint density at radius 3 is 2.73 bits per heavy atom. The molecule has 0 bridgehead atoms. The predicted octanol–water partition coefficient (Wildman–Crippen LogP) is 4.49. The summed E-state index contributed by atoms with van der Waals surface area (Å²) in [7, 11) is 0. The van der Waals surface area contributed by atoms with Crippen molar-refractivity contribution in [3.63, 3.8) is 0 Å². The van der Waals surface area contributed by atoms with Crippen molar-refractivity contribution in [1.29, 1.82) is 0 Å². The van der Waals surface area contributed by atoms with E-state index in [-0.39, 0.29) is 11.9 Å². The van der Waals surface area contributed by atoms with Crippen LogP contribution < -0.4 is 5.32 Å². The largest absolute Gasteiger partial charge is 0.345 e. The first kappa shape index (κ1) is 14.7. The molecule has 4 heteroatoms. The van der Waals surface area contributed by atoms with Gasteiger partial charge in [0.1, 0.15) is 0 Å². The molecule has 2 aromatic carbocycles. The molecule has 1 N–H and O–H groups in total. The molecule has 1 unspecified atom stereocenters. The van der Waals surface area contributed by atoms with Crippen molar-refractivity contribution in [2.24, 2.45) is 0 Å². The summed E-state index contributed by atoms with van der Waals surface area (Å²) >= 11 is 1.55. The lowest BCUT2D eigenvalue weighted by Gasteiger charge is -2.17. The monoisotopic (exact) mass is 310 g/mol. The number of nitrogens with one attached hydrogen (secondary N) is 1. The maximum absolute atomic E-state index is 12.5. The van der Waals surface area contributed by atoms with E-state index < -0.39 is 0 Å². The Bertz CT molecular complexity index is 792. The molecule has 0 saturated carbocycles. The van der Waals surface area contributed by atoms with Gasteiger partial charge in [-0.15, -0.1) is 11.3 Å². The Balaban J connectivity index is 1.80. The first-order valence-electron chi connectivity index (χ1n) is 7.38. The number of aryl methyl sites for hydroxylation is 1. The Kier molecular flexibility index (Phi) is 4.20. The summed E-state index contributed by atoms with van der Waals surface area (Å²) in [5, 5.41) is 3.12. The first-order valence-corrected chi connectivity index (χ1v) is 8.26. The fourth-order valence-corrected chi connectivity index (χ4v) is 3.17. The minimum Gasteiger partial charge on any atom is -0.345 e. The van der Waals surface area contributed by atoms with Gasteiger partial charge in [0.2, 0.25) is 0 Å². The summed E-state index contributed by atoms with van der Waals surface area (Å²) in [5.41, 5.74) is 5.78. The maximum Gasteiger partial charge on any atom is 0.251 e. The summed E-state index contributed by atoms with van der Waals surface area (Å²) < 4.78 is 1.04. The Morgan fingerprint density at radius 1 is 1.23 bits per heavy atom. The number of carbonyl (C=O) groups is 1. The lowest BCUT2D eigenvalue weighted by Crippen LogP contribution is -2.28. The van der Waals surface area contributed by atoms with Crippen molar-refractivity contribution < 1.29 is 4.79 Å². The SMILES string of the molecule is CCC(NC(=O)c1ccc2ncsc2c1)c1ccc(C)cc1. The van der Waals surface area contributed by atoms with Gasteiger partial charge in [0.05, 0.1) is 21.8 Å². The van der Waals surface area contributed by atoms with E-state index in [4.69, 9.17) is 0 Å². The topological polar surface area (TPSA) is 42.0 Å². The standard InChI is InChI=1S/C18H18N2OS/c1-3-15(13-6-4-12(2)5-7-13)20-18(21)14-8-9-16-17(10-14)22-11-19-16/h4-11,15H,3H2,1-2H3,(H,20,21). The number of fused-ring (bicyclic) bond motifs is 1. The van der Waals surface area contributed by atoms with Crippen molar-refractivity contribution in [3.8, 4) is 0 Å². The van der Waals surface area contributed by atoms with Gasteiger partial charge >= 0.3 is 0 Å². The van der Waals surface area contributed by atoms with Crippen LogP contribution >= 0.6 is 11.3 Å². The van der Waals surface area contributed by atoms with Crippen molar-refractivity contribution in [1.82, 2.24) is 10.3 Å². The molecule has 0 spiro atoms. The van der Waals surface area contributed by atoms with E-state index in [1.54, 1.807) is 16.8 Å². The smallest absolute Gasteiger partial charge is 0.251 e. The van der Waals surface area contributed by atoms with Gasteiger partial charge in [-0.2, -0.15) is 0 Å². The number of hydrogen-bond acceptors (Lipinski definition) is 3. The van der Waals surface area contributed by atoms with E-state index in [1.165, 1.54) is 5.56 Å². The second-order valence-electron chi connectivity index (χ2n) is 5.38. The number of carbonyl (C=O) groups excluding carboxylic acids is 1. The zero-order chi connectivity index (χ0) is 15.5. The summed E-state index contributed by atoms with van der Waals surface area (Å²) in [5.74, 6) is -0.0391. The van der Waals surface area contributed by atoms with Crippen LogP contribution in [0.15, 0.2) is 48.0 Å². The molecule has 0 aliphatic rings. The lowest BCUT2D eigenvalue weighted by atomic mass is 10.0. The molecule has 1 amide bonds. The zero-order valence-electron chi connectivity index (χ0n) is 12.7. The third-order valence-electron chi connectivity index (χ3n) is 3.79. The van der Waals surface area contributed by atoms with Gasteiger partial charge in [-0.25, -0.2) is 4.98 Å². The Labute approximate surface area is 134 Å². The molecule has 0 aliphatic heterocycles. The van der Waals surface area contributed by atoms with E-state index in [2.05, 4.69) is 48.4 Å². The number of benzene rings is 2. The molecule has 1 aromatic heterocycles. The third-order valence-corrected chi connectivity index (χ3v) is 4.58. The van der Waals surface area contributed by atoms with Crippen LogP contribution in [0.5, 0.6) is 0 Å². The quantitative estimate of drug-likeness (QED) is 0.771. The highest BCUT2D eigenvalue weighted by molar-refractivity contribution is 7.16. The molecule has 22 heavy (non-hydrogen) atoms. The molecule has 3 aromatic rings. The van der Waals surface area contributed by atoms with E-state index in [1.807, 2.05) is 18.2 Å². The van der Waals surface area contributed by atoms with Crippen LogP contribution in [-0.2, 0) is 0 Å². The fraction of sp³-hybridized carbons (Fsp3) is 0.222. The van der Waals surface area contributed by atoms with Crippen LogP contribution in [0.3, 0.4) is 0 Å². The second kappa shape index (κ2) is 6.28. The third kappa shape index (κ3) is 3.02. The van der Waals surface area contributed by atoms with Gasteiger partial charge in [-0.3, -0.25) is 4.79 Å². The van der Waals surface area contributed by atoms with Crippen LogP contribution in [0, 0.1) is 6.92 Å². The van der Waals surface area contributed by atoms with Crippen LogP contribution in [0.1, 0.15) is 40.9 Å². The highest BCUT2D eigenvalue weighted by Gasteiger charge is 2.14. The number of thiazole rings is 1. The average Bonchev–Trinajstić information content (AvgIpc) is 3.01. The van der Waals surface area contributed by atoms with Gasteiger partial charge in [0.25, 0.3) is 5.91 Å². The number of hydrogen-bond donors (Lipinski definition) is 1. The van der Waals surface area contributed by atoms with Gasteiger partial charge in [-0.05, 0) is 37.1 Å². The first-order chi connectivity index (χ1) is 10.7. The van der Waals surface area contributed by atoms with Crippen LogP contribution in [-0.4, -0.2) is 10.9 Å². The van der Waals surface area contributed by atoms with Gasteiger partial charge in [-0.1, -0.05) is 36.8 Å². The minimum absolute atomic E-state index is 0.0326. The number of amides is 1. The fourth-order valence-electron chi connectivity index (χ4n) is 2.46. The van der Waals surface area contributed by atoms with Gasteiger partial charge < -0.3 is 5.32 Å². The minimum atomic E-state index is -0.0391. The molecule has 1 atom stereocenters. The molecule has 3 rings (SSSR count). The number of nitrogens with zero attached hydrogens (tertiary/aromatic N) is 1. The van der Waals surface area contributed by atoms with Crippen molar-refractivity contribution in [3.05, 3.63) is 64.7 Å². The molecule has 0 aliphatic carbocycles. The van der Waals surface area contributed by atoms with Crippen LogP contribution in [0.2, 0.25) is 0 Å². The predicted molar refractivity (Wildman–Crippen MR) is 91.3 cm³/mol. The van der Waals surface area contributed by atoms with Crippen LogP contribution in [0.4, 0.5) is 0 Å². The number of rotatable bonds is 4. The van der Waals surface area contributed by atoms with E-state index in [0.717, 1.165) is 22.2 Å². The summed E-state index contributed by atoms with van der Waals surface area (Å²) in [4.78, 5) is 16.7. The number of aromatic nitrogens is 1. The summed E-state index contributed by atoms with van der Waals surface area (Å²) in [6.07, 6.45) is 0.859.